The van der Waals surface area contributed by atoms with Crippen molar-refractivity contribution in [1.29, 1.82) is 0 Å². The third-order valence-corrected chi connectivity index (χ3v) is 2.51. The number of anilines is 1. The molecule has 4 heteroatoms. The number of nitrogens with one attached hydrogen (secondary N) is 1. The molecule has 1 atom stereocenters. The summed E-state index contributed by atoms with van der Waals surface area (Å²) >= 11 is 3.32. The van der Waals surface area contributed by atoms with E-state index < -0.39 is 0 Å². The third-order valence-electron chi connectivity index (χ3n) is 2.07. The van der Waals surface area contributed by atoms with Gasteiger partial charge in [-0.2, -0.15) is 0 Å². The summed E-state index contributed by atoms with van der Waals surface area (Å²) in [5.74, 6) is 1.68. The zero-order valence-corrected chi connectivity index (χ0v) is 8.97. The van der Waals surface area contributed by atoms with Gasteiger partial charge in [0.2, 0.25) is 0 Å². The molecule has 0 fully saturated rings. The molecule has 1 aromatic rings. The zero-order chi connectivity index (χ0) is 9.26. The average Bonchev–Trinajstić information content (AvgIpc) is 2.17. The molecular weight excluding hydrogens is 232 g/mol. The standard InChI is InChI=1S/C9H11BrN2O/c1-2-6-5-11-9-7(13-6)3-4-8(10)12-9/h3-4,6H,2,5H2,1H3,(H,11,12). The van der Waals surface area contributed by atoms with Gasteiger partial charge in [-0.3, -0.25) is 0 Å². The minimum atomic E-state index is 0.274. The molecule has 0 aromatic carbocycles. The first kappa shape index (κ1) is 8.81. The molecule has 1 unspecified atom stereocenters. The van der Waals surface area contributed by atoms with Crippen LogP contribution in [0.5, 0.6) is 5.75 Å². The van der Waals surface area contributed by atoms with E-state index in [1.54, 1.807) is 0 Å². The van der Waals surface area contributed by atoms with Gasteiger partial charge in [0.1, 0.15) is 10.7 Å². The van der Waals surface area contributed by atoms with Crippen LogP contribution in [0.15, 0.2) is 16.7 Å². The van der Waals surface area contributed by atoms with E-state index in [4.69, 9.17) is 4.74 Å². The van der Waals surface area contributed by atoms with E-state index >= 15 is 0 Å². The maximum Gasteiger partial charge on any atom is 0.170 e. The van der Waals surface area contributed by atoms with Crippen molar-refractivity contribution in [2.45, 2.75) is 19.4 Å². The van der Waals surface area contributed by atoms with Crippen molar-refractivity contribution >= 4 is 21.7 Å². The molecule has 1 N–H and O–H groups in total. The largest absolute Gasteiger partial charge is 0.485 e. The van der Waals surface area contributed by atoms with Crippen LogP contribution in [0.3, 0.4) is 0 Å². The Hall–Kier alpha value is -0.770. The molecular formula is C9H11BrN2O. The Labute approximate surface area is 85.6 Å². The molecule has 2 heterocycles. The number of hydrogen-bond acceptors (Lipinski definition) is 3. The second kappa shape index (κ2) is 3.54. The number of halogens is 1. The number of rotatable bonds is 1. The smallest absolute Gasteiger partial charge is 0.170 e. The van der Waals surface area contributed by atoms with Gasteiger partial charge < -0.3 is 10.1 Å². The fraction of sp³-hybridized carbons (Fsp3) is 0.444. The van der Waals surface area contributed by atoms with Gasteiger partial charge in [0.25, 0.3) is 0 Å². The molecule has 0 amide bonds. The summed E-state index contributed by atoms with van der Waals surface area (Å²) in [5, 5.41) is 3.24. The predicted octanol–water partition coefficient (Wildman–Crippen LogP) is 2.43. The van der Waals surface area contributed by atoms with Crippen LogP contribution in [0.1, 0.15) is 13.3 Å². The zero-order valence-electron chi connectivity index (χ0n) is 7.38. The second-order valence-electron chi connectivity index (χ2n) is 3.01. The molecule has 0 saturated carbocycles. The Morgan fingerprint density at radius 2 is 2.54 bits per heavy atom. The highest BCUT2D eigenvalue weighted by atomic mass is 79.9. The first-order valence-corrected chi connectivity index (χ1v) is 5.16. The van der Waals surface area contributed by atoms with Gasteiger partial charge in [0, 0.05) is 0 Å². The topological polar surface area (TPSA) is 34.2 Å². The number of fused-ring (bicyclic) bond motifs is 1. The molecule has 1 aliphatic rings. The summed E-state index contributed by atoms with van der Waals surface area (Å²) < 4.78 is 6.52. The SMILES string of the molecule is CCC1CNc2nc(Br)ccc2O1. The van der Waals surface area contributed by atoms with Crippen molar-refractivity contribution in [2.24, 2.45) is 0 Å². The molecule has 3 nitrogen and oxygen atoms in total. The van der Waals surface area contributed by atoms with Crippen LogP contribution >= 0.6 is 15.9 Å². The number of aromatic nitrogens is 1. The average molecular weight is 243 g/mol. The predicted molar refractivity (Wildman–Crippen MR) is 55.1 cm³/mol. The molecule has 0 bridgehead atoms. The van der Waals surface area contributed by atoms with Crippen molar-refractivity contribution in [2.75, 3.05) is 11.9 Å². The first-order valence-electron chi connectivity index (χ1n) is 4.36. The monoisotopic (exact) mass is 242 g/mol. The van der Waals surface area contributed by atoms with Gasteiger partial charge >= 0.3 is 0 Å². The number of ether oxygens (including phenoxy) is 1. The Bertz CT molecular complexity index is 316. The maximum absolute atomic E-state index is 5.69. The lowest BCUT2D eigenvalue weighted by Crippen LogP contribution is -2.30. The second-order valence-corrected chi connectivity index (χ2v) is 3.82. The lowest BCUT2D eigenvalue weighted by atomic mass is 10.2. The molecule has 0 spiro atoms. The van der Waals surface area contributed by atoms with Crippen LogP contribution < -0.4 is 10.1 Å². The van der Waals surface area contributed by atoms with Crippen molar-refractivity contribution in [3.05, 3.63) is 16.7 Å². The van der Waals surface area contributed by atoms with Gasteiger partial charge in [-0.05, 0) is 34.5 Å². The van der Waals surface area contributed by atoms with Crippen molar-refractivity contribution in [1.82, 2.24) is 4.98 Å². The Morgan fingerprint density at radius 3 is 3.31 bits per heavy atom. The van der Waals surface area contributed by atoms with Crippen LogP contribution in [0.2, 0.25) is 0 Å². The summed E-state index contributed by atoms with van der Waals surface area (Å²) in [6, 6.07) is 3.82. The Balaban J connectivity index is 2.26. The summed E-state index contributed by atoms with van der Waals surface area (Å²) in [5.41, 5.74) is 0. The minimum Gasteiger partial charge on any atom is -0.485 e. The Morgan fingerprint density at radius 1 is 1.69 bits per heavy atom. The van der Waals surface area contributed by atoms with Crippen molar-refractivity contribution in [3.63, 3.8) is 0 Å². The highest BCUT2D eigenvalue weighted by molar-refractivity contribution is 9.10. The van der Waals surface area contributed by atoms with Crippen molar-refractivity contribution < 1.29 is 4.74 Å². The Kier molecular flexibility index (Phi) is 2.40. The first-order chi connectivity index (χ1) is 6.29. The number of pyridine rings is 1. The fourth-order valence-corrected chi connectivity index (χ4v) is 1.61. The van der Waals surface area contributed by atoms with Crippen LogP contribution in [0.4, 0.5) is 5.82 Å². The van der Waals surface area contributed by atoms with Crippen LogP contribution in [0, 0.1) is 0 Å². The molecule has 1 aliphatic heterocycles. The van der Waals surface area contributed by atoms with E-state index in [1.807, 2.05) is 12.1 Å². The van der Waals surface area contributed by atoms with Crippen molar-refractivity contribution in [3.8, 4) is 5.75 Å². The molecule has 2 rings (SSSR count). The van der Waals surface area contributed by atoms with Gasteiger partial charge in [0.15, 0.2) is 11.6 Å². The van der Waals surface area contributed by atoms with Crippen LogP contribution in [-0.2, 0) is 0 Å². The highest BCUT2D eigenvalue weighted by Crippen LogP contribution is 2.28. The number of hydrogen-bond donors (Lipinski definition) is 1. The van der Waals surface area contributed by atoms with E-state index in [-0.39, 0.29) is 6.10 Å². The van der Waals surface area contributed by atoms with E-state index in [1.165, 1.54) is 0 Å². The van der Waals surface area contributed by atoms with Gasteiger partial charge in [-0.1, -0.05) is 6.92 Å². The maximum atomic E-state index is 5.69. The third kappa shape index (κ3) is 1.77. The van der Waals surface area contributed by atoms with E-state index in [0.717, 1.165) is 29.1 Å². The quantitative estimate of drug-likeness (QED) is 0.769. The highest BCUT2D eigenvalue weighted by Gasteiger charge is 2.18. The van der Waals surface area contributed by atoms with Gasteiger partial charge in [0.05, 0.1) is 6.54 Å². The van der Waals surface area contributed by atoms with E-state index in [2.05, 4.69) is 33.2 Å². The summed E-state index contributed by atoms with van der Waals surface area (Å²) in [6.07, 6.45) is 1.29. The minimum absolute atomic E-state index is 0.274. The van der Waals surface area contributed by atoms with E-state index in [9.17, 15) is 0 Å². The summed E-state index contributed by atoms with van der Waals surface area (Å²) in [6.45, 7) is 2.95. The van der Waals surface area contributed by atoms with Crippen LogP contribution in [-0.4, -0.2) is 17.6 Å². The summed E-state index contributed by atoms with van der Waals surface area (Å²) in [7, 11) is 0. The van der Waals surface area contributed by atoms with Crippen LogP contribution in [0.25, 0.3) is 0 Å². The molecule has 1 aromatic heterocycles. The van der Waals surface area contributed by atoms with Gasteiger partial charge in [-0.15, -0.1) is 0 Å². The lowest BCUT2D eigenvalue weighted by Gasteiger charge is -2.25. The fourth-order valence-electron chi connectivity index (χ4n) is 1.30. The molecule has 70 valence electrons. The summed E-state index contributed by atoms with van der Waals surface area (Å²) in [4.78, 5) is 4.26. The normalized spacial score (nSPS) is 20.0. The molecule has 0 saturated heterocycles. The van der Waals surface area contributed by atoms with E-state index in [0.29, 0.717) is 0 Å². The molecule has 13 heavy (non-hydrogen) atoms. The number of nitrogens with zero attached hydrogens (tertiary/aromatic N) is 1. The molecule has 0 aliphatic carbocycles. The van der Waals surface area contributed by atoms with Gasteiger partial charge in [-0.25, -0.2) is 4.98 Å². The lowest BCUT2D eigenvalue weighted by molar-refractivity contribution is 0.200. The molecule has 0 radical (unpaired) electrons.